The fraction of sp³-hybridized carbons (Fsp3) is 0.0800. The lowest BCUT2D eigenvalue weighted by molar-refractivity contribution is -0.115. The number of carbonyl (C=O) groups is 2. The molecule has 0 atom stereocenters. The fourth-order valence-electron chi connectivity index (χ4n) is 3.11. The summed E-state index contributed by atoms with van der Waals surface area (Å²) in [6.07, 6.45) is 1.70. The standard InChI is InChI=1S/C25H18BrClN2O4S/c1-32-20-12-16(11-19(26)22(20)33-14-15-6-5-9-18(27)10-15)13-21-24(31)29-25(34-21)28-23(30)17-7-3-2-4-8-17/h2-13H,14H2,1H3,(H,28,29,30,31)/b21-13-. The average Bonchev–Trinajstić information content (AvgIpc) is 3.16. The van der Waals surface area contributed by atoms with Gasteiger partial charge >= 0.3 is 0 Å². The van der Waals surface area contributed by atoms with Crippen molar-refractivity contribution in [3.05, 3.63) is 97.8 Å². The molecule has 3 aromatic carbocycles. The Bertz CT molecular complexity index is 1310. The van der Waals surface area contributed by atoms with Gasteiger partial charge in [-0.05, 0) is 81.3 Å². The molecule has 3 aromatic rings. The van der Waals surface area contributed by atoms with E-state index in [9.17, 15) is 9.59 Å². The summed E-state index contributed by atoms with van der Waals surface area (Å²) in [5, 5.41) is 3.50. The minimum Gasteiger partial charge on any atom is -0.493 e. The van der Waals surface area contributed by atoms with Crippen LogP contribution in [-0.4, -0.2) is 24.1 Å². The summed E-state index contributed by atoms with van der Waals surface area (Å²) in [5.41, 5.74) is 2.08. The molecule has 1 aliphatic heterocycles. The number of hydrogen-bond donors (Lipinski definition) is 1. The van der Waals surface area contributed by atoms with Gasteiger partial charge in [-0.2, -0.15) is 4.99 Å². The number of nitrogens with one attached hydrogen (secondary N) is 1. The van der Waals surface area contributed by atoms with Crippen LogP contribution in [0.1, 0.15) is 21.5 Å². The quantitative estimate of drug-likeness (QED) is 0.371. The van der Waals surface area contributed by atoms with Crippen LogP contribution in [0.3, 0.4) is 0 Å². The molecule has 0 unspecified atom stereocenters. The van der Waals surface area contributed by atoms with E-state index in [0.29, 0.717) is 43.6 Å². The average molecular weight is 558 g/mol. The number of nitrogens with zero attached hydrogens (tertiary/aromatic N) is 1. The number of ether oxygens (including phenoxy) is 2. The first-order valence-electron chi connectivity index (χ1n) is 10.1. The number of amides is 2. The van der Waals surface area contributed by atoms with Crippen LogP contribution in [0.2, 0.25) is 5.02 Å². The Balaban J connectivity index is 1.52. The first-order chi connectivity index (χ1) is 16.4. The summed E-state index contributed by atoms with van der Waals surface area (Å²) in [6, 6.07) is 19.7. The SMILES string of the molecule is COc1cc(/C=C2\SC(=NC(=O)c3ccccc3)NC2=O)cc(Br)c1OCc1cccc(Cl)c1. The van der Waals surface area contributed by atoms with Gasteiger partial charge in [-0.1, -0.05) is 41.9 Å². The van der Waals surface area contributed by atoms with Crippen molar-refractivity contribution >= 4 is 62.4 Å². The van der Waals surface area contributed by atoms with Gasteiger partial charge in [0.1, 0.15) is 6.61 Å². The molecule has 34 heavy (non-hydrogen) atoms. The minimum absolute atomic E-state index is 0.234. The van der Waals surface area contributed by atoms with Crippen molar-refractivity contribution in [3.8, 4) is 11.5 Å². The van der Waals surface area contributed by atoms with E-state index in [1.165, 1.54) is 0 Å². The lowest BCUT2D eigenvalue weighted by Crippen LogP contribution is -2.20. The van der Waals surface area contributed by atoms with Crippen LogP contribution < -0.4 is 14.8 Å². The van der Waals surface area contributed by atoms with Crippen LogP contribution in [0, 0.1) is 0 Å². The highest BCUT2D eigenvalue weighted by molar-refractivity contribution is 9.10. The first-order valence-corrected chi connectivity index (χ1v) is 12.1. The molecule has 1 fully saturated rings. The normalized spacial score (nSPS) is 15.4. The third kappa shape index (κ3) is 5.88. The number of rotatable bonds is 6. The molecule has 0 aromatic heterocycles. The highest BCUT2D eigenvalue weighted by Gasteiger charge is 2.25. The molecule has 172 valence electrons. The van der Waals surface area contributed by atoms with Crippen LogP contribution in [0.25, 0.3) is 6.08 Å². The van der Waals surface area contributed by atoms with Crippen molar-refractivity contribution in [2.45, 2.75) is 6.61 Å². The molecule has 1 N–H and O–H groups in total. The van der Waals surface area contributed by atoms with Crippen molar-refractivity contribution in [2.75, 3.05) is 7.11 Å². The minimum atomic E-state index is -0.421. The van der Waals surface area contributed by atoms with Gasteiger partial charge in [0.25, 0.3) is 11.8 Å². The number of benzene rings is 3. The summed E-state index contributed by atoms with van der Waals surface area (Å²) in [6.45, 7) is 0.309. The zero-order valence-electron chi connectivity index (χ0n) is 17.9. The van der Waals surface area contributed by atoms with Crippen molar-refractivity contribution in [3.63, 3.8) is 0 Å². The van der Waals surface area contributed by atoms with Crippen LogP contribution in [0.4, 0.5) is 0 Å². The van der Waals surface area contributed by atoms with E-state index in [4.69, 9.17) is 21.1 Å². The van der Waals surface area contributed by atoms with E-state index in [-0.39, 0.29) is 11.1 Å². The van der Waals surface area contributed by atoms with Gasteiger partial charge < -0.3 is 14.8 Å². The van der Waals surface area contributed by atoms with E-state index in [1.54, 1.807) is 49.6 Å². The molecule has 0 saturated carbocycles. The van der Waals surface area contributed by atoms with Gasteiger partial charge in [0, 0.05) is 10.6 Å². The zero-order valence-corrected chi connectivity index (χ0v) is 21.0. The summed E-state index contributed by atoms with van der Waals surface area (Å²) in [7, 11) is 1.54. The lowest BCUT2D eigenvalue weighted by atomic mass is 10.2. The van der Waals surface area contributed by atoms with E-state index in [0.717, 1.165) is 17.3 Å². The molecular weight excluding hydrogens is 540 g/mol. The summed E-state index contributed by atoms with van der Waals surface area (Å²) >= 11 is 10.7. The van der Waals surface area contributed by atoms with Gasteiger partial charge in [-0.25, -0.2) is 0 Å². The summed E-state index contributed by atoms with van der Waals surface area (Å²) in [5.74, 6) is 0.278. The predicted octanol–water partition coefficient (Wildman–Crippen LogP) is 6.09. The molecule has 0 bridgehead atoms. The number of methoxy groups -OCH3 is 1. The molecule has 1 saturated heterocycles. The largest absolute Gasteiger partial charge is 0.493 e. The third-order valence-electron chi connectivity index (χ3n) is 4.70. The Kier molecular flexibility index (Phi) is 7.72. The van der Waals surface area contributed by atoms with Gasteiger partial charge in [-0.15, -0.1) is 0 Å². The molecule has 0 spiro atoms. The zero-order chi connectivity index (χ0) is 24.1. The molecule has 0 radical (unpaired) electrons. The maximum atomic E-state index is 12.4. The summed E-state index contributed by atoms with van der Waals surface area (Å²) < 4.78 is 12.1. The second-order valence-corrected chi connectivity index (χ2v) is 9.43. The molecule has 0 aliphatic carbocycles. The van der Waals surface area contributed by atoms with E-state index in [1.807, 2.05) is 30.3 Å². The lowest BCUT2D eigenvalue weighted by Gasteiger charge is -2.14. The Labute approximate surface area is 214 Å². The summed E-state index contributed by atoms with van der Waals surface area (Å²) in [4.78, 5) is 29.2. The van der Waals surface area contributed by atoms with E-state index >= 15 is 0 Å². The molecule has 1 aliphatic rings. The number of aliphatic imine (C=N–C) groups is 1. The van der Waals surface area contributed by atoms with Crippen LogP contribution in [0.15, 0.2) is 81.1 Å². The van der Waals surface area contributed by atoms with Gasteiger partial charge in [0.15, 0.2) is 16.7 Å². The van der Waals surface area contributed by atoms with Crippen molar-refractivity contribution in [1.29, 1.82) is 0 Å². The molecule has 1 heterocycles. The van der Waals surface area contributed by atoms with Crippen molar-refractivity contribution < 1.29 is 19.1 Å². The number of halogens is 2. The van der Waals surface area contributed by atoms with Crippen molar-refractivity contribution in [1.82, 2.24) is 5.32 Å². The third-order valence-corrected chi connectivity index (χ3v) is 6.43. The first kappa shape index (κ1) is 24.1. The number of thioether (sulfide) groups is 1. The Morgan fingerprint density at radius 3 is 2.68 bits per heavy atom. The van der Waals surface area contributed by atoms with E-state index in [2.05, 4.69) is 26.2 Å². The Morgan fingerprint density at radius 1 is 1.15 bits per heavy atom. The Hall–Kier alpha value is -3.07. The van der Waals surface area contributed by atoms with Gasteiger partial charge in [-0.3, -0.25) is 9.59 Å². The molecule has 6 nitrogen and oxygen atoms in total. The van der Waals surface area contributed by atoms with Gasteiger partial charge in [0.05, 0.1) is 16.5 Å². The van der Waals surface area contributed by atoms with Crippen LogP contribution in [0.5, 0.6) is 11.5 Å². The second kappa shape index (κ2) is 10.9. The van der Waals surface area contributed by atoms with E-state index < -0.39 is 5.91 Å². The highest BCUT2D eigenvalue weighted by atomic mass is 79.9. The van der Waals surface area contributed by atoms with Crippen LogP contribution in [-0.2, 0) is 11.4 Å². The molecule has 4 rings (SSSR count). The highest BCUT2D eigenvalue weighted by Crippen LogP contribution is 2.38. The fourth-order valence-corrected chi connectivity index (χ4v) is 4.72. The Morgan fingerprint density at radius 2 is 1.94 bits per heavy atom. The smallest absolute Gasteiger partial charge is 0.279 e. The van der Waals surface area contributed by atoms with Crippen LogP contribution >= 0.6 is 39.3 Å². The second-order valence-electron chi connectivity index (χ2n) is 7.11. The van der Waals surface area contributed by atoms with Crippen molar-refractivity contribution in [2.24, 2.45) is 4.99 Å². The monoisotopic (exact) mass is 556 g/mol. The topological polar surface area (TPSA) is 77.0 Å². The maximum Gasteiger partial charge on any atom is 0.279 e. The molecule has 9 heteroatoms. The number of carbonyl (C=O) groups excluding carboxylic acids is 2. The van der Waals surface area contributed by atoms with Gasteiger partial charge in [0.2, 0.25) is 0 Å². The predicted molar refractivity (Wildman–Crippen MR) is 138 cm³/mol. The number of amidine groups is 1. The molecule has 2 amide bonds. The maximum absolute atomic E-state index is 12.4. The molecular formula is C25H18BrClN2O4S. The number of hydrogen-bond acceptors (Lipinski definition) is 5.